The molecular weight excluding hydrogens is 290 g/mol. The van der Waals surface area contributed by atoms with Crippen molar-refractivity contribution in [3.63, 3.8) is 0 Å². The third-order valence-electron chi connectivity index (χ3n) is 4.01. The summed E-state index contributed by atoms with van der Waals surface area (Å²) in [6.07, 6.45) is 0. The van der Waals surface area contributed by atoms with E-state index in [2.05, 4.69) is 68.2 Å². The molecule has 2 aromatic rings. The van der Waals surface area contributed by atoms with Crippen molar-refractivity contribution in [1.29, 1.82) is 0 Å². The minimum atomic E-state index is 0.958. The van der Waals surface area contributed by atoms with Crippen molar-refractivity contribution in [1.82, 2.24) is 10.2 Å². The third-order valence-corrected chi connectivity index (χ3v) is 4.94. The van der Waals surface area contributed by atoms with E-state index in [1.54, 1.807) is 16.7 Å². The van der Waals surface area contributed by atoms with Crippen molar-refractivity contribution >= 4 is 11.8 Å². The Hall–Kier alpha value is -1.39. The monoisotopic (exact) mass is 316 g/mol. The molecule has 0 amide bonds. The highest BCUT2D eigenvalue weighted by Gasteiger charge is 2.07. The molecule has 0 spiro atoms. The van der Waals surface area contributed by atoms with Crippen LogP contribution < -0.4 is 4.90 Å². The number of hydrogen-bond donors (Lipinski definition) is 1. The number of quaternary nitrogens is 1. The molecule has 4 heteroatoms. The van der Waals surface area contributed by atoms with Gasteiger partial charge in [-0.25, -0.2) is 0 Å². The van der Waals surface area contributed by atoms with Crippen LogP contribution in [0.25, 0.3) is 11.3 Å². The molecule has 0 aliphatic carbocycles. The molecule has 0 bridgehead atoms. The highest BCUT2D eigenvalue weighted by atomic mass is 32.2. The van der Waals surface area contributed by atoms with E-state index in [9.17, 15) is 0 Å². The van der Waals surface area contributed by atoms with E-state index in [0.717, 1.165) is 16.5 Å². The lowest BCUT2D eigenvalue weighted by atomic mass is 10.0. The van der Waals surface area contributed by atoms with Crippen molar-refractivity contribution in [3.8, 4) is 11.3 Å². The van der Waals surface area contributed by atoms with Gasteiger partial charge >= 0.3 is 0 Å². The van der Waals surface area contributed by atoms with E-state index >= 15 is 0 Å². The lowest BCUT2D eigenvalue weighted by Crippen LogP contribution is -3.11. The Morgan fingerprint density at radius 1 is 1.00 bits per heavy atom. The summed E-state index contributed by atoms with van der Waals surface area (Å²) in [5.41, 5.74) is 4.63. The van der Waals surface area contributed by atoms with Gasteiger partial charge in [0, 0.05) is 11.3 Å². The second-order valence-corrected chi connectivity index (χ2v) is 6.75. The van der Waals surface area contributed by atoms with E-state index in [0.29, 0.717) is 0 Å². The Labute approximate surface area is 138 Å². The molecule has 0 radical (unpaired) electrons. The maximum absolute atomic E-state index is 4.41. The van der Waals surface area contributed by atoms with Gasteiger partial charge in [0.15, 0.2) is 0 Å². The number of nitrogens with zero attached hydrogens (tertiary/aromatic N) is 2. The number of thioether (sulfide) groups is 1. The quantitative estimate of drug-likeness (QED) is 0.797. The zero-order valence-electron chi connectivity index (χ0n) is 14.0. The van der Waals surface area contributed by atoms with Crippen LogP contribution in [0.2, 0.25) is 0 Å². The van der Waals surface area contributed by atoms with Gasteiger partial charge in [-0.2, -0.15) is 0 Å². The van der Waals surface area contributed by atoms with E-state index in [1.165, 1.54) is 36.3 Å². The van der Waals surface area contributed by atoms with Crippen LogP contribution >= 0.6 is 11.8 Å². The zero-order chi connectivity index (χ0) is 15.9. The molecule has 3 nitrogen and oxygen atoms in total. The number of nitrogens with one attached hydrogen (secondary N) is 1. The van der Waals surface area contributed by atoms with Gasteiger partial charge in [-0.05, 0) is 51.5 Å². The lowest BCUT2D eigenvalue weighted by molar-refractivity contribution is -0.893. The minimum Gasteiger partial charge on any atom is -0.335 e. The first-order chi connectivity index (χ1) is 10.6. The van der Waals surface area contributed by atoms with E-state index in [4.69, 9.17) is 0 Å². The highest BCUT2D eigenvalue weighted by molar-refractivity contribution is 7.99. The summed E-state index contributed by atoms with van der Waals surface area (Å²) in [4.78, 5) is 1.63. The van der Waals surface area contributed by atoms with Crippen molar-refractivity contribution in [3.05, 3.63) is 41.5 Å². The minimum absolute atomic E-state index is 0.958. The van der Waals surface area contributed by atoms with Gasteiger partial charge in [-0.1, -0.05) is 29.5 Å². The first-order valence-corrected chi connectivity index (χ1v) is 9.00. The molecule has 1 N–H and O–H groups in total. The molecule has 0 fully saturated rings. The summed E-state index contributed by atoms with van der Waals surface area (Å²) >= 11 is 1.80. The van der Waals surface area contributed by atoms with Crippen molar-refractivity contribution in [2.24, 2.45) is 0 Å². The van der Waals surface area contributed by atoms with E-state index in [1.807, 2.05) is 0 Å². The van der Waals surface area contributed by atoms with Gasteiger partial charge in [-0.15, -0.1) is 10.2 Å². The fourth-order valence-corrected chi connectivity index (χ4v) is 3.32. The third kappa shape index (κ3) is 4.55. The predicted octanol–water partition coefficient (Wildman–Crippen LogP) is 2.78. The van der Waals surface area contributed by atoms with Gasteiger partial charge in [-0.3, -0.25) is 0 Å². The average molecular weight is 316 g/mol. The zero-order valence-corrected chi connectivity index (χ0v) is 14.8. The molecular formula is C18H26N3S+. The van der Waals surface area contributed by atoms with Crippen LogP contribution in [-0.2, 0) is 0 Å². The second kappa shape index (κ2) is 8.30. The van der Waals surface area contributed by atoms with Gasteiger partial charge < -0.3 is 4.90 Å². The van der Waals surface area contributed by atoms with Gasteiger partial charge in [0.2, 0.25) is 0 Å². The molecule has 1 aromatic carbocycles. The molecule has 22 heavy (non-hydrogen) atoms. The fourth-order valence-electron chi connectivity index (χ4n) is 2.46. The van der Waals surface area contributed by atoms with Crippen molar-refractivity contribution in [2.45, 2.75) is 32.7 Å². The Morgan fingerprint density at radius 3 is 2.41 bits per heavy atom. The van der Waals surface area contributed by atoms with E-state index in [-0.39, 0.29) is 0 Å². The molecule has 0 saturated carbocycles. The molecule has 2 rings (SSSR count). The number of aryl methyl sites for hydroxylation is 2. The summed E-state index contributed by atoms with van der Waals surface area (Å²) in [7, 11) is 0. The Kier molecular flexibility index (Phi) is 6.40. The maximum Gasteiger partial charge on any atom is 0.119 e. The van der Waals surface area contributed by atoms with Gasteiger partial charge in [0.1, 0.15) is 5.03 Å². The first-order valence-electron chi connectivity index (χ1n) is 8.01. The Bertz CT molecular complexity index is 592. The standard InChI is InChI=1S/C18H25N3S/c1-5-21(6-2)11-12-22-18-10-9-17(19-20-18)16-13-14(3)7-8-15(16)4/h7-10,13H,5-6,11-12H2,1-4H3/p+1. The van der Waals surface area contributed by atoms with Crippen LogP contribution in [0.3, 0.4) is 0 Å². The molecule has 0 aliphatic rings. The van der Waals surface area contributed by atoms with Crippen LogP contribution in [0, 0.1) is 13.8 Å². The Morgan fingerprint density at radius 2 is 1.77 bits per heavy atom. The fraction of sp³-hybridized carbons (Fsp3) is 0.444. The second-order valence-electron chi connectivity index (χ2n) is 5.63. The molecule has 1 aromatic heterocycles. The molecule has 0 aliphatic heterocycles. The predicted molar refractivity (Wildman–Crippen MR) is 94.6 cm³/mol. The van der Waals surface area contributed by atoms with Crippen LogP contribution in [0.15, 0.2) is 35.4 Å². The van der Waals surface area contributed by atoms with Gasteiger partial charge in [0.05, 0.1) is 25.3 Å². The molecule has 0 atom stereocenters. The molecule has 1 heterocycles. The average Bonchev–Trinajstić information content (AvgIpc) is 2.54. The SMILES string of the molecule is CC[NH+](CC)CCSc1ccc(-c2cc(C)ccc2C)nn1. The first kappa shape index (κ1) is 17.0. The number of benzene rings is 1. The molecule has 118 valence electrons. The van der Waals surface area contributed by atoms with Crippen LogP contribution in [-0.4, -0.2) is 35.6 Å². The summed E-state index contributed by atoms with van der Waals surface area (Å²) in [6, 6.07) is 10.6. The smallest absolute Gasteiger partial charge is 0.119 e. The topological polar surface area (TPSA) is 30.2 Å². The van der Waals surface area contributed by atoms with Gasteiger partial charge in [0.25, 0.3) is 0 Å². The number of hydrogen-bond acceptors (Lipinski definition) is 3. The van der Waals surface area contributed by atoms with Crippen LogP contribution in [0.1, 0.15) is 25.0 Å². The maximum atomic E-state index is 4.41. The van der Waals surface area contributed by atoms with Crippen molar-refractivity contribution in [2.75, 3.05) is 25.4 Å². The lowest BCUT2D eigenvalue weighted by Gasteiger charge is -2.14. The van der Waals surface area contributed by atoms with E-state index < -0.39 is 0 Å². The summed E-state index contributed by atoms with van der Waals surface area (Å²) < 4.78 is 0. The van der Waals surface area contributed by atoms with Crippen molar-refractivity contribution < 1.29 is 4.90 Å². The number of rotatable bonds is 7. The van der Waals surface area contributed by atoms with Crippen LogP contribution in [0.4, 0.5) is 0 Å². The largest absolute Gasteiger partial charge is 0.335 e. The molecule has 0 unspecified atom stereocenters. The summed E-state index contributed by atoms with van der Waals surface area (Å²) in [6.45, 7) is 12.3. The number of aromatic nitrogens is 2. The molecule has 0 saturated heterocycles. The normalized spacial score (nSPS) is 11.1. The summed E-state index contributed by atoms with van der Waals surface area (Å²) in [5, 5.41) is 9.80. The summed E-state index contributed by atoms with van der Waals surface area (Å²) in [5.74, 6) is 1.09. The van der Waals surface area contributed by atoms with Crippen LogP contribution in [0.5, 0.6) is 0 Å². The Balaban J connectivity index is 2.00. The highest BCUT2D eigenvalue weighted by Crippen LogP contribution is 2.23.